The number of aryl methyl sites for hydroxylation is 1. The molecule has 2 unspecified atom stereocenters. The van der Waals surface area contributed by atoms with E-state index in [2.05, 4.69) is 20.8 Å². The first kappa shape index (κ1) is 14.3. The van der Waals surface area contributed by atoms with Gasteiger partial charge in [-0.2, -0.15) is 4.98 Å². The molecule has 0 aromatic carbocycles. The number of aliphatic carboxylic acids is 1. The summed E-state index contributed by atoms with van der Waals surface area (Å²) in [4.78, 5) is 26.5. The van der Waals surface area contributed by atoms with E-state index in [1.807, 2.05) is 0 Å². The molecule has 0 aliphatic heterocycles. The molecule has 8 nitrogen and oxygen atoms in total. The number of amides is 2. The van der Waals surface area contributed by atoms with Crippen molar-refractivity contribution in [3.8, 4) is 0 Å². The second-order valence-electron chi connectivity index (χ2n) is 4.93. The number of carboxylic acid groups (broad SMARTS) is 1. The summed E-state index contributed by atoms with van der Waals surface area (Å²) < 4.78 is 4.92. The molecule has 20 heavy (non-hydrogen) atoms. The zero-order valence-corrected chi connectivity index (χ0v) is 11.3. The van der Waals surface area contributed by atoms with E-state index in [-0.39, 0.29) is 18.0 Å². The fourth-order valence-corrected chi connectivity index (χ4v) is 2.30. The van der Waals surface area contributed by atoms with Crippen LogP contribution in [0.1, 0.15) is 31.0 Å². The molecule has 2 rings (SSSR count). The Bertz CT molecular complexity index is 488. The average molecular weight is 282 g/mol. The van der Waals surface area contributed by atoms with Crippen molar-refractivity contribution in [1.82, 2.24) is 20.8 Å². The molecule has 1 aromatic heterocycles. The van der Waals surface area contributed by atoms with Crippen LogP contribution in [0, 0.1) is 12.8 Å². The van der Waals surface area contributed by atoms with Gasteiger partial charge in [0.2, 0.25) is 5.89 Å². The SMILES string of the molecule is Cc1noc(CCNC(=O)NC2CCC(C(=O)O)C2)n1. The highest BCUT2D eigenvalue weighted by molar-refractivity contribution is 5.75. The lowest BCUT2D eigenvalue weighted by Gasteiger charge is -2.12. The third-order valence-electron chi connectivity index (χ3n) is 3.31. The predicted octanol–water partition coefficient (Wildman–Crippen LogP) is 0.473. The maximum atomic E-state index is 11.6. The largest absolute Gasteiger partial charge is 0.481 e. The topological polar surface area (TPSA) is 117 Å². The van der Waals surface area contributed by atoms with Crippen molar-refractivity contribution in [1.29, 1.82) is 0 Å². The molecule has 1 aromatic rings. The smallest absolute Gasteiger partial charge is 0.315 e. The third-order valence-corrected chi connectivity index (χ3v) is 3.31. The minimum absolute atomic E-state index is 0.0678. The Labute approximate surface area is 115 Å². The molecule has 8 heteroatoms. The summed E-state index contributed by atoms with van der Waals surface area (Å²) in [6.45, 7) is 2.12. The lowest BCUT2D eigenvalue weighted by molar-refractivity contribution is -0.141. The first-order chi connectivity index (χ1) is 9.54. The van der Waals surface area contributed by atoms with Crippen molar-refractivity contribution in [2.24, 2.45) is 5.92 Å². The maximum absolute atomic E-state index is 11.6. The monoisotopic (exact) mass is 282 g/mol. The lowest BCUT2D eigenvalue weighted by atomic mass is 10.1. The van der Waals surface area contributed by atoms with E-state index in [4.69, 9.17) is 9.63 Å². The Balaban J connectivity index is 1.65. The van der Waals surface area contributed by atoms with Crippen LogP contribution in [-0.2, 0) is 11.2 Å². The van der Waals surface area contributed by atoms with Crippen molar-refractivity contribution in [3.05, 3.63) is 11.7 Å². The van der Waals surface area contributed by atoms with Gasteiger partial charge in [-0.3, -0.25) is 4.79 Å². The lowest BCUT2D eigenvalue weighted by Crippen LogP contribution is -2.41. The molecule has 1 saturated carbocycles. The van der Waals surface area contributed by atoms with Gasteiger partial charge in [0.05, 0.1) is 5.92 Å². The quantitative estimate of drug-likeness (QED) is 0.722. The van der Waals surface area contributed by atoms with Crippen LogP contribution in [0.3, 0.4) is 0 Å². The number of hydrogen-bond donors (Lipinski definition) is 3. The molecule has 2 atom stereocenters. The minimum Gasteiger partial charge on any atom is -0.481 e. The van der Waals surface area contributed by atoms with E-state index >= 15 is 0 Å². The van der Waals surface area contributed by atoms with Gasteiger partial charge in [-0.15, -0.1) is 0 Å². The molecule has 110 valence electrons. The standard InChI is InChI=1S/C12H18N4O4/c1-7-14-10(20-16-7)4-5-13-12(19)15-9-3-2-8(6-9)11(17)18/h8-9H,2-6H2,1H3,(H,17,18)(H2,13,15,19). The molecule has 1 fully saturated rings. The van der Waals surface area contributed by atoms with Crippen molar-refractivity contribution >= 4 is 12.0 Å². The van der Waals surface area contributed by atoms with Crippen LogP contribution in [0.4, 0.5) is 4.79 Å². The first-order valence-electron chi connectivity index (χ1n) is 6.61. The number of nitrogens with zero attached hydrogens (tertiary/aromatic N) is 2. The molecule has 0 saturated heterocycles. The van der Waals surface area contributed by atoms with Gasteiger partial charge in [0.15, 0.2) is 5.82 Å². The van der Waals surface area contributed by atoms with Crippen LogP contribution in [0.2, 0.25) is 0 Å². The molecular formula is C12H18N4O4. The molecule has 0 bridgehead atoms. The molecule has 0 radical (unpaired) electrons. The van der Waals surface area contributed by atoms with Crippen LogP contribution >= 0.6 is 0 Å². The Morgan fingerprint density at radius 2 is 2.25 bits per heavy atom. The summed E-state index contributed by atoms with van der Waals surface area (Å²) in [5.74, 6) is -0.0899. The van der Waals surface area contributed by atoms with Crippen LogP contribution in [0.5, 0.6) is 0 Å². The average Bonchev–Trinajstić information content (AvgIpc) is 2.99. The molecule has 1 aliphatic carbocycles. The minimum atomic E-state index is -0.790. The molecule has 0 spiro atoms. The van der Waals surface area contributed by atoms with Gasteiger partial charge in [0, 0.05) is 19.0 Å². The van der Waals surface area contributed by atoms with Gasteiger partial charge in [-0.05, 0) is 26.2 Å². The second kappa shape index (κ2) is 6.36. The van der Waals surface area contributed by atoms with Gasteiger partial charge >= 0.3 is 12.0 Å². The maximum Gasteiger partial charge on any atom is 0.315 e. The van der Waals surface area contributed by atoms with Gasteiger partial charge in [0.1, 0.15) is 0 Å². The fraction of sp³-hybridized carbons (Fsp3) is 0.667. The van der Waals surface area contributed by atoms with E-state index in [1.165, 1.54) is 0 Å². The zero-order valence-electron chi connectivity index (χ0n) is 11.3. The van der Waals surface area contributed by atoms with E-state index in [0.29, 0.717) is 43.9 Å². The Morgan fingerprint density at radius 1 is 1.45 bits per heavy atom. The van der Waals surface area contributed by atoms with Gasteiger partial charge in [-0.25, -0.2) is 4.79 Å². The van der Waals surface area contributed by atoms with Gasteiger partial charge in [0.25, 0.3) is 0 Å². The van der Waals surface area contributed by atoms with E-state index < -0.39 is 5.97 Å². The highest BCUT2D eigenvalue weighted by Crippen LogP contribution is 2.25. The normalized spacial score (nSPS) is 21.6. The number of urea groups is 1. The number of hydrogen-bond acceptors (Lipinski definition) is 5. The van der Waals surface area contributed by atoms with Crippen molar-refractivity contribution < 1.29 is 19.2 Å². The molecule has 1 heterocycles. The number of carboxylic acids is 1. The Hall–Kier alpha value is -2.12. The molecule has 2 amide bonds. The summed E-state index contributed by atoms with van der Waals surface area (Å²) in [6.07, 6.45) is 2.27. The number of nitrogens with one attached hydrogen (secondary N) is 2. The molecular weight excluding hydrogens is 264 g/mol. The number of rotatable bonds is 5. The van der Waals surface area contributed by atoms with Crippen molar-refractivity contribution in [2.75, 3.05) is 6.54 Å². The summed E-state index contributed by atoms with van der Waals surface area (Å²) >= 11 is 0. The second-order valence-corrected chi connectivity index (χ2v) is 4.93. The highest BCUT2D eigenvalue weighted by atomic mass is 16.5. The summed E-state index contributed by atoms with van der Waals surface area (Å²) in [5, 5.41) is 18.0. The number of aromatic nitrogens is 2. The Kier molecular flexibility index (Phi) is 4.54. The molecule has 3 N–H and O–H groups in total. The first-order valence-corrected chi connectivity index (χ1v) is 6.61. The fourth-order valence-electron chi connectivity index (χ4n) is 2.30. The van der Waals surface area contributed by atoms with Crippen LogP contribution < -0.4 is 10.6 Å². The third kappa shape index (κ3) is 3.94. The summed E-state index contributed by atoms with van der Waals surface area (Å²) in [5.41, 5.74) is 0. The van der Waals surface area contributed by atoms with Crippen molar-refractivity contribution in [2.45, 2.75) is 38.6 Å². The number of carbonyl (C=O) groups excluding carboxylic acids is 1. The van der Waals surface area contributed by atoms with Crippen LogP contribution in [-0.4, -0.2) is 39.8 Å². The summed E-state index contributed by atoms with van der Waals surface area (Å²) in [7, 11) is 0. The van der Waals surface area contributed by atoms with Crippen LogP contribution in [0.15, 0.2) is 4.52 Å². The van der Waals surface area contributed by atoms with E-state index in [1.54, 1.807) is 6.92 Å². The van der Waals surface area contributed by atoms with Gasteiger partial charge < -0.3 is 20.3 Å². The van der Waals surface area contributed by atoms with Crippen molar-refractivity contribution in [3.63, 3.8) is 0 Å². The molecule has 1 aliphatic rings. The Morgan fingerprint density at radius 3 is 2.85 bits per heavy atom. The van der Waals surface area contributed by atoms with E-state index in [0.717, 1.165) is 0 Å². The van der Waals surface area contributed by atoms with Crippen LogP contribution in [0.25, 0.3) is 0 Å². The predicted molar refractivity (Wildman–Crippen MR) is 68.0 cm³/mol. The highest BCUT2D eigenvalue weighted by Gasteiger charge is 2.30. The number of carbonyl (C=O) groups is 2. The zero-order chi connectivity index (χ0) is 14.5. The summed E-state index contributed by atoms with van der Waals surface area (Å²) in [6, 6.07) is -0.362. The van der Waals surface area contributed by atoms with Gasteiger partial charge in [-0.1, -0.05) is 5.16 Å². The van der Waals surface area contributed by atoms with E-state index in [9.17, 15) is 9.59 Å².